The maximum absolute atomic E-state index is 13.0. The zero-order chi connectivity index (χ0) is 20.1. The van der Waals surface area contributed by atoms with Crippen LogP contribution in [0.25, 0.3) is 0 Å². The third-order valence-electron chi connectivity index (χ3n) is 5.12. The highest BCUT2D eigenvalue weighted by Gasteiger charge is 2.26. The van der Waals surface area contributed by atoms with Crippen molar-refractivity contribution in [2.24, 2.45) is 5.92 Å². The molecule has 6 nitrogen and oxygen atoms in total. The number of carbonyl (C=O) groups is 1. The summed E-state index contributed by atoms with van der Waals surface area (Å²) in [6, 6.07) is 13.9. The van der Waals surface area contributed by atoms with Crippen LogP contribution >= 0.6 is 0 Å². The molecule has 28 heavy (non-hydrogen) atoms. The minimum atomic E-state index is -3.74. The standard InChI is InChI=1S/C21H26N2O4S/c1-16-9-10-19(28(26,27)22-13-17-6-3-2-4-7-17)12-20(16)21(25)23-11-5-8-18(14-23)15-24/h2-4,6-7,9-10,12,18,22,24H,5,8,11,13-15H2,1H3. The number of nitrogens with one attached hydrogen (secondary N) is 1. The van der Waals surface area contributed by atoms with Crippen LogP contribution in [0.2, 0.25) is 0 Å². The molecule has 1 saturated heterocycles. The molecule has 1 heterocycles. The summed E-state index contributed by atoms with van der Waals surface area (Å²) in [4.78, 5) is 14.8. The lowest BCUT2D eigenvalue weighted by Gasteiger charge is -2.32. The van der Waals surface area contributed by atoms with E-state index < -0.39 is 10.0 Å². The van der Waals surface area contributed by atoms with Gasteiger partial charge in [0.15, 0.2) is 0 Å². The molecule has 2 aromatic rings. The Kier molecular flexibility index (Phi) is 6.49. The van der Waals surface area contributed by atoms with Crippen molar-refractivity contribution in [2.75, 3.05) is 19.7 Å². The van der Waals surface area contributed by atoms with Gasteiger partial charge in [-0.15, -0.1) is 0 Å². The molecule has 0 spiro atoms. The van der Waals surface area contributed by atoms with Crippen molar-refractivity contribution in [3.63, 3.8) is 0 Å². The van der Waals surface area contributed by atoms with Gasteiger partial charge in [0.25, 0.3) is 5.91 Å². The van der Waals surface area contributed by atoms with E-state index in [1.165, 1.54) is 12.1 Å². The minimum absolute atomic E-state index is 0.0561. The van der Waals surface area contributed by atoms with Crippen LogP contribution in [0.3, 0.4) is 0 Å². The number of likely N-dealkylation sites (tertiary alicyclic amines) is 1. The van der Waals surface area contributed by atoms with Crippen LogP contribution in [0, 0.1) is 12.8 Å². The number of sulfonamides is 1. The summed E-state index contributed by atoms with van der Waals surface area (Å²) in [7, 11) is -3.74. The van der Waals surface area contributed by atoms with Crippen molar-refractivity contribution >= 4 is 15.9 Å². The number of aliphatic hydroxyl groups is 1. The lowest BCUT2D eigenvalue weighted by atomic mass is 9.97. The van der Waals surface area contributed by atoms with Gasteiger partial charge in [0.1, 0.15) is 0 Å². The van der Waals surface area contributed by atoms with Crippen LogP contribution in [0.1, 0.15) is 34.3 Å². The van der Waals surface area contributed by atoms with Gasteiger partial charge in [-0.05, 0) is 48.9 Å². The Morgan fingerprint density at radius 2 is 1.96 bits per heavy atom. The van der Waals surface area contributed by atoms with Crippen LogP contribution in [-0.2, 0) is 16.6 Å². The van der Waals surface area contributed by atoms with Crippen LogP contribution in [0.4, 0.5) is 0 Å². The number of carbonyl (C=O) groups excluding carboxylic acids is 1. The molecule has 0 aromatic heterocycles. The van der Waals surface area contributed by atoms with E-state index in [9.17, 15) is 18.3 Å². The number of hydrogen-bond acceptors (Lipinski definition) is 4. The third-order valence-corrected chi connectivity index (χ3v) is 6.52. The maximum Gasteiger partial charge on any atom is 0.254 e. The smallest absolute Gasteiger partial charge is 0.254 e. The number of nitrogens with zero attached hydrogens (tertiary/aromatic N) is 1. The van der Waals surface area contributed by atoms with E-state index in [4.69, 9.17) is 0 Å². The quantitative estimate of drug-likeness (QED) is 0.776. The van der Waals surface area contributed by atoms with Gasteiger partial charge in [0.05, 0.1) is 4.90 Å². The van der Waals surface area contributed by atoms with Crippen molar-refractivity contribution < 1.29 is 18.3 Å². The van der Waals surface area contributed by atoms with E-state index in [1.54, 1.807) is 17.9 Å². The lowest BCUT2D eigenvalue weighted by Crippen LogP contribution is -2.41. The highest BCUT2D eigenvalue weighted by Crippen LogP contribution is 2.22. The summed E-state index contributed by atoms with van der Waals surface area (Å²) in [5, 5.41) is 9.39. The molecule has 2 aromatic carbocycles. The number of benzene rings is 2. The predicted molar refractivity (Wildman–Crippen MR) is 107 cm³/mol. The van der Waals surface area contributed by atoms with E-state index in [-0.39, 0.29) is 29.9 Å². The molecule has 0 radical (unpaired) electrons. The second-order valence-electron chi connectivity index (χ2n) is 7.23. The number of aryl methyl sites for hydroxylation is 1. The van der Waals surface area contributed by atoms with E-state index in [0.29, 0.717) is 18.7 Å². The average Bonchev–Trinajstić information content (AvgIpc) is 2.73. The first-order valence-electron chi connectivity index (χ1n) is 9.45. The molecule has 1 aliphatic heterocycles. The monoisotopic (exact) mass is 402 g/mol. The van der Waals surface area contributed by atoms with Crippen molar-refractivity contribution in [1.82, 2.24) is 9.62 Å². The van der Waals surface area contributed by atoms with Crippen molar-refractivity contribution in [3.05, 3.63) is 65.2 Å². The molecule has 7 heteroatoms. The molecule has 150 valence electrons. The molecule has 1 aliphatic rings. The number of piperidine rings is 1. The first-order chi connectivity index (χ1) is 13.4. The molecule has 3 rings (SSSR count). The number of amides is 1. The number of aliphatic hydroxyl groups excluding tert-OH is 1. The molecule has 1 atom stereocenters. The number of hydrogen-bond donors (Lipinski definition) is 2. The summed E-state index contributed by atoms with van der Waals surface area (Å²) >= 11 is 0. The van der Waals surface area contributed by atoms with Gasteiger partial charge in [-0.2, -0.15) is 0 Å². The Morgan fingerprint density at radius 3 is 2.68 bits per heavy atom. The highest BCUT2D eigenvalue weighted by molar-refractivity contribution is 7.89. The maximum atomic E-state index is 13.0. The fourth-order valence-corrected chi connectivity index (χ4v) is 4.47. The SMILES string of the molecule is Cc1ccc(S(=O)(=O)NCc2ccccc2)cc1C(=O)N1CCCC(CO)C1. The summed E-state index contributed by atoms with van der Waals surface area (Å²) in [5.74, 6) is -0.104. The normalized spacial score (nSPS) is 17.5. The fraction of sp³-hybridized carbons (Fsp3) is 0.381. The predicted octanol–water partition coefficient (Wildman–Crippen LogP) is 2.32. The first kappa shape index (κ1) is 20.5. The van der Waals surface area contributed by atoms with E-state index >= 15 is 0 Å². The molecular formula is C21H26N2O4S. The molecule has 0 bridgehead atoms. The third kappa shape index (κ3) is 4.79. The van der Waals surface area contributed by atoms with Crippen molar-refractivity contribution in [3.8, 4) is 0 Å². The molecule has 1 amide bonds. The molecule has 0 saturated carbocycles. The Bertz CT molecular complexity index is 929. The average molecular weight is 403 g/mol. The van der Waals surface area contributed by atoms with Gasteiger partial charge < -0.3 is 10.0 Å². The zero-order valence-corrected chi connectivity index (χ0v) is 16.8. The summed E-state index contributed by atoms with van der Waals surface area (Å²) < 4.78 is 28.0. The zero-order valence-electron chi connectivity index (χ0n) is 16.0. The molecule has 2 N–H and O–H groups in total. The Balaban J connectivity index is 1.79. The minimum Gasteiger partial charge on any atom is -0.396 e. The van der Waals surface area contributed by atoms with E-state index in [1.807, 2.05) is 30.3 Å². The van der Waals surface area contributed by atoms with Crippen LogP contribution in [0.15, 0.2) is 53.4 Å². The molecule has 1 unspecified atom stereocenters. The van der Waals surface area contributed by atoms with Crippen molar-refractivity contribution in [2.45, 2.75) is 31.2 Å². The van der Waals surface area contributed by atoms with Gasteiger partial charge in [0.2, 0.25) is 10.0 Å². The second-order valence-corrected chi connectivity index (χ2v) is 9.00. The first-order valence-corrected chi connectivity index (χ1v) is 10.9. The van der Waals surface area contributed by atoms with Crippen molar-refractivity contribution in [1.29, 1.82) is 0 Å². The van der Waals surface area contributed by atoms with Gasteiger partial charge >= 0.3 is 0 Å². The lowest BCUT2D eigenvalue weighted by molar-refractivity contribution is 0.0620. The van der Waals surface area contributed by atoms with Crippen LogP contribution < -0.4 is 4.72 Å². The molecular weight excluding hydrogens is 376 g/mol. The number of rotatable bonds is 6. The Morgan fingerprint density at radius 1 is 1.21 bits per heavy atom. The van der Waals surface area contributed by atoms with Gasteiger partial charge in [0, 0.05) is 31.8 Å². The summed E-state index contributed by atoms with van der Waals surface area (Å²) in [6.07, 6.45) is 1.74. The Hall–Kier alpha value is -2.22. The summed E-state index contributed by atoms with van der Waals surface area (Å²) in [6.45, 7) is 3.16. The van der Waals surface area contributed by atoms with Gasteiger partial charge in [-0.3, -0.25) is 4.79 Å². The van der Waals surface area contributed by atoms with E-state index in [0.717, 1.165) is 24.0 Å². The second kappa shape index (κ2) is 8.86. The van der Waals surface area contributed by atoms with Crippen LogP contribution in [0.5, 0.6) is 0 Å². The van der Waals surface area contributed by atoms with E-state index in [2.05, 4.69) is 4.72 Å². The van der Waals surface area contributed by atoms with Gasteiger partial charge in [-0.25, -0.2) is 13.1 Å². The highest BCUT2D eigenvalue weighted by atomic mass is 32.2. The fourth-order valence-electron chi connectivity index (χ4n) is 3.43. The summed E-state index contributed by atoms with van der Waals surface area (Å²) in [5.41, 5.74) is 1.98. The Labute approximate surface area is 166 Å². The molecule has 1 fully saturated rings. The largest absolute Gasteiger partial charge is 0.396 e. The molecule has 0 aliphatic carbocycles. The van der Waals surface area contributed by atoms with Crippen LogP contribution in [-0.4, -0.2) is 44.0 Å². The topological polar surface area (TPSA) is 86.7 Å². The van der Waals surface area contributed by atoms with Gasteiger partial charge in [-0.1, -0.05) is 36.4 Å².